The standard InChI is InChI=1S/C17H21N3O3S/c1-3-5-13(4-2)18-16(22)19-14-8-6-12(7-9-14)10-20-15(21)11-24-17(20)23/h3,6-9,13H,1,4-5,10-11H2,2H3,(H2,18,19,22). The predicted octanol–water partition coefficient (Wildman–Crippen LogP) is 3.36. The maximum absolute atomic E-state index is 11.9. The van der Waals surface area contributed by atoms with Gasteiger partial charge in [-0.05, 0) is 30.5 Å². The number of nitrogens with zero attached hydrogens (tertiary/aromatic N) is 1. The summed E-state index contributed by atoms with van der Waals surface area (Å²) in [6.07, 6.45) is 3.33. The van der Waals surface area contributed by atoms with Gasteiger partial charge in [0, 0.05) is 11.7 Å². The molecule has 6 nitrogen and oxygen atoms in total. The normalized spacial score (nSPS) is 15.3. The molecule has 1 aromatic carbocycles. The second-order valence-corrected chi connectivity index (χ2v) is 6.39. The lowest BCUT2D eigenvalue weighted by Crippen LogP contribution is -2.37. The Morgan fingerprint density at radius 2 is 2.08 bits per heavy atom. The Morgan fingerprint density at radius 3 is 2.62 bits per heavy atom. The van der Waals surface area contributed by atoms with E-state index < -0.39 is 0 Å². The van der Waals surface area contributed by atoms with Gasteiger partial charge in [-0.2, -0.15) is 0 Å². The average molecular weight is 347 g/mol. The number of hydrogen-bond acceptors (Lipinski definition) is 4. The number of carbonyl (C=O) groups is 3. The molecule has 1 aliphatic rings. The molecule has 0 radical (unpaired) electrons. The van der Waals surface area contributed by atoms with Gasteiger partial charge in [-0.1, -0.05) is 36.9 Å². The van der Waals surface area contributed by atoms with Crippen molar-refractivity contribution in [2.45, 2.75) is 32.4 Å². The third kappa shape index (κ3) is 4.86. The van der Waals surface area contributed by atoms with Crippen LogP contribution < -0.4 is 10.6 Å². The number of benzene rings is 1. The third-order valence-electron chi connectivity index (χ3n) is 3.67. The molecule has 2 rings (SSSR count). The first-order chi connectivity index (χ1) is 11.5. The van der Waals surface area contributed by atoms with Crippen LogP contribution in [0.15, 0.2) is 36.9 Å². The predicted molar refractivity (Wildman–Crippen MR) is 95.9 cm³/mol. The summed E-state index contributed by atoms with van der Waals surface area (Å²) in [7, 11) is 0. The van der Waals surface area contributed by atoms with Gasteiger partial charge in [-0.3, -0.25) is 14.5 Å². The first kappa shape index (κ1) is 18.1. The summed E-state index contributed by atoms with van der Waals surface area (Å²) in [4.78, 5) is 36.4. The van der Waals surface area contributed by atoms with E-state index in [1.807, 2.05) is 6.92 Å². The topological polar surface area (TPSA) is 78.5 Å². The molecule has 1 saturated heterocycles. The zero-order valence-electron chi connectivity index (χ0n) is 13.6. The van der Waals surface area contributed by atoms with Crippen LogP contribution in [0, 0.1) is 0 Å². The quantitative estimate of drug-likeness (QED) is 0.741. The molecule has 24 heavy (non-hydrogen) atoms. The van der Waals surface area contributed by atoms with E-state index in [1.54, 1.807) is 30.3 Å². The number of rotatable bonds is 7. The molecule has 0 spiro atoms. The third-order valence-corrected chi connectivity index (χ3v) is 4.53. The zero-order chi connectivity index (χ0) is 17.5. The van der Waals surface area contributed by atoms with Crippen molar-refractivity contribution in [2.24, 2.45) is 0 Å². The average Bonchev–Trinajstić information content (AvgIpc) is 2.88. The number of hydrogen-bond donors (Lipinski definition) is 2. The van der Waals surface area contributed by atoms with E-state index in [0.29, 0.717) is 5.69 Å². The van der Waals surface area contributed by atoms with E-state index in [0.717, 1.165) is 30.2 Å². The Balaban J connectivity index is 1.89. The summed E-state index contributed by atoms with van der Waals surface area (Å²) in [5.74, 6) is 0.0430. The van der Waals surface area contributed by atoms with Crippen LogP contribution in [0.2, 0.25) is 0 Å². The summed E-state index contributed by atoms with van der Waals surface area (Å²) < 4.78 is 0. The molecule has 1 atom stereocenters. The highest BCUT2D eigenvalue weighted by atomic mass is 32.2. The van der Waals surface area contributed by atoms with Crippen LogP contribution in [0.25, 0.3) is 0 Å². The van der Waals surface area contributed by atoms with Crippen molar-refractivity contribution in [3.8, 4) is 0 Å². The fourth-order valence-corrected chi connectivity index (χ4v) is 3.02. The second kappa shape index (κ2) is 8.54. The Kier molecular flexibility index (Phi) is 6.43. The van der Waals surface area contributed by atoms with Gasteiger partial charge in [-0.15, -0.1) is 6.58 Å². The van der Waals surface area contributed by atoms with Crippen molar-refractivity contribution < 1.29 is 14.4 Å². The molecule has 0 saturated carbocycles. The van der Waals surface area contributed by atoms with Crippen molar-refractivity contribution in [1.82, 2.24) is 10.2 Å². The number of carbonyl (C=O) groups excluding carboxylic acids is 3. The van der Waals surface area contributed by atoms with Gasteiger partial charge < -0.3 is 10.6 Å². The summed E-state index contributed by atoms with van der Waals surface area (Å²) in [6.45, 7) is 5.94. The molecule has 128 valence electrons. The van der Waals surface area contributed by atoms with Gasteiger partial charge in [0.15, 0.2) is 0 Å². The Bertz CT molecular complexity index is 614. The maximum Gasteiger partial charge on any atom is 0.319 e. The van der Waals surface area contributed by atoms with Gasteiger partial charge in [0.1, 0.15) is 0 Å². The molecule has 1 aliphatic heterocycles. The van der Waals surface area contributed by atoms with Crippen LogP contribution in [0.3, 0.4) is 0 Å². The fraction of sp³-hybridized carbons (Fsp3) is 0.353. The van der Waals surface area contributed by atoms with E-state index in [2.05, 4.69) is 17.2 Å². The van der Waals surface area contributed by atoms with E-state index in [4.69, 9.17) is 0 Å². The number of urea groups is 1. The zero-order valence-corrected chi connectivity index (χ0v) is 14.4. The smallest absolute Gasteiger partial charge is 0.319 e. The molecule has 7 heteroatoms. The van der Waals surface area contributed by atoms with Gasteiger partial charge >= 0.3 is 6.03 Å². The second-order valence-electron chi connectivity index (χ2n) is 5.46. The fourth-order valence-electron chi connectivity index (χ4n) is 2.29. The number of imide groups is 1. The molecular formula is C17H21N3O3S. The number of amides is 4. The molecule has 1 aromatic rings. The van der Waals surface area contributed by atoms with Crippen LogP contribution in [0.5, 0.6) is 0 Å². The van der Waals surface area contributed by atoms with Crippen LogP contribution in [-0.2, 0) is 11.3 Å². The Labute approximate surface area is 145 Å². The molecule has 1 unspecified atom stereocenters. The minimum atomic E-state index is -0.266. The minimum Gasteiger partial charge on any atom is -0.335 e. The molecule has 4 amide bonds. The van der Waals surface area contributed by atoms with Crippen molar-refractivity contribution >= 4 is 34.6 Å². The van der Waals surface area contributed by atoms with Gasteiger partial charge in [0.05, 0.1) is 12.3 Å². The van der Waals surface area contributed by atoms with Gasteiger partial charge in [-0.25, -0.2) is 4.79 Å². The lowest BCUT2D eigenvalue weighted by atomic mass is 10.1. The molecule has 1 fully saturated rings. The number of anilines is 1. The first-order valence-corrected chi connectivity index (χ1v) is 8.76. The SMILES string of the molecule is C=CCC(CC)NC(=O)Nc1ccc(CN2C(=O)CSC2=O)cc1. The van der Waals surface area contributed by atoms with E-state index in [-0.39, 0.29) is 35.5 Å². The van der Waals surface area contributed by atoms with Crippen LogP contribution in [-0.4, -0.2) is 33.9 Å². The highest BCUT2D eigenvalue weighted by Crippen LogP contribution is 2.21. The van der Waals surface area contributed by atoms with Crippen LogP contribution in [0.4, 0.5) is 15.3 Å². The largest absolute Gasteiger partial charge is 0.335 e. The molecular weight excluding hydrogens is 326 g/mol. The molecule has 2 N–H and O–H groups in total. The Morgan fingerprint density at radius 1 is 1.38 bits per heavy atom. The van der Waals surface area contributed by atoms with Gasteiger partial charge in [0.2, 0.25) is 5.91 Å². The van der Waals surface area contributed by atoms with Crippen molar-refractivity contribution in [1.29, 1.82) is 0 Å². The molecule has 0 aromatic heterocycles. The monoisotopic (exact) mass is 347 g/mol. The first-order valence-electron chi connectivity index (χ1n) is 7.78. The van der Waals surface area contributed by atoms with Gasteiger partial charge in [0.25, 0.3) is 5.24 Å². The van der Waals surface area contributed by atoms with Crippen molar-refractivity contribution in [3.05, 3.63) is 42.5 Å². The molecule has 1 heterocycles. The lowest BCUT2D eigenvalue weighted by molar-refractivity contribution is -0.125. The van der Waals surface area contributed by atoms with Crippen molar-refractivity contribution in [2.75, 3.05) is 11.1 Å². The Hall–Kier alpha value is -2.28. The number of thioether (sulfide) groups is 1. The summed E-state index contributed by atoms with van der Waals surface area (Å²) in [6, 6.07) is 6.88. The van der Waals surface area contributed by atoms with E-state index in [1.165, 1.54) is 4.90 Å². The summed E-state index contributed by atoms with van der Waals surface area (Å²) in [5.41, 5.74) is 1.49. The number of nitrogens with one attached hydrogen (secondary N) is 2. The van der Waals surface area contributed by atoms with Crippen molar-refractivity contribution in [3.63, 3.8) is 0 Å². The lowest BCUT2D eigenvalue weighted by Gasteiger charge is -2.16. The molecule has 0 aliphatic carbocycles. The maximum atomic E-state index is 11.9. The van der Waals surface area contributed by atoms with Crippen LogP contribution in [0.1, 0.15) is 25.3 Å². The minimum absolute atomic E-state index is 0.0615. The van der Waals surface area contributed by atoms with E-state index >= 15 is 0 Å². The summed E-state index contributed by atoms with van der Waals surface area (Å²) >= 11 is 1.02. The van der Waals surface area contributed by atoms with Crippen LogP contribution >= 0.6 is 11.8 Å². The highest BCUT2D eigenvalue weighted by Gasteiger charge is 2.29. The molecule has 0 bridgehead atoms. The van der Waals surface area contributed by atoms with E-state index in [9.17, 15) is 14.4 Å². The highest BCUT2D eigenvalue weighted by molar-refractivity contribution is 8.14. The summed E-state index contributed by atoms with van der Waals surface area (Å²) in [5, 5.41) is 5.43.